The van der Waals surface area contributed by atoms with Crippen molar-refractivity contribution in [2.24, 2.45) is 0 Å². The Morgan fingerprint density at radius 2 is 1.81 bits per heavy atom. The smallest absolute Gasteiger partial charge is 0.403 e. The van der Waals surface area contributed by atoms with Crippen LogP contribution >= 0.6 is 10.7 Å². The number of benzene rings is 1. The monoisotopic (exact) mass is 278 g/mol. The first kappa shape index (κ1) is 13.0. The molecule has 0 radical (unpaired) electrons. The van der Waals surface area contributed by atoms with E-state index in [2.05, 4.69) is 4.74 Å². The highest BCUT2D eigenvalue weighted by molar-refractivity contribution is 8.13. The molecule has 0 atom stereocenters. The summed E-state index contributed by atoms with van der Waals surface area (Å²) in [5.74, 6) is -2.60. The molecule has 0 N–H and O–H groups in total. The first-order chi connectivity index (χ1) is 7.09. The molecule has 0 fully saturated rings. The number of ether oxygens (including phenoxy) is 1. The van der Waals surface area contributed by atoms with E-state index < -0.39 is 31.9 Å². The third kappa shape index (κ3) is 3.53. The molecule has 1 aromatic rings. The zero-order chi connectivity index (χ0) is 12.6. The molecule has 0 aromatic heterocycles. The van der Waals surface area contributed by atoms with Gasteiger partial charge in [-0.05, 0) is 12.1 Å². The lowest BCUT2D eigenvalue weighted by atomic mass is 10.3. The van der Waals surface area contributed by atoms with Crippen molar-refractivity contribution in [3.05, 3.63) is 24.0 Å². The van der Waals surface area contributed by atoms with Crippen LogP contribution in [-0.2, 0) is 9.05 Å². The molecular weight excluding hydrogens is 276 g/mol. The number of hydrogen-bond acceptors (Lipinski definition) is 3. The Balaban J connectivity index is 3.20. The Labute approximate surface area is 92.0 Å². The predicted octanol–water partition coefficient (Wildman–Crippen LogP) is 2.65. The van der Waals surface area contributed by atoms with Crippen LogP contribution in [0, 0.1) is 5.82 Å². The summed E-state index contributed by atoms with van der Waals surface area (Å²) in [4.78, 5) is -0.685. The highest BCUT2D eigenvalue weighted by Gasteiger charge is 2.32. The Hall–Kier alpha value is -1.02. The van der Waals surface area contributed by atoms with Crippen LogP contribution in [0.5, 0.6) is 5.75 Å². The second-order valence-electron chi connectivity index (χ2n) is 2.58. The van der Waals surface area contributed by atoms with Crippen LogP contribution in [0.15, 0.2) is 23.1 Å². The van der Waals surface area contributed by atoms with E-state index in [0.29, 0.717) is 12.1 Å². The first-order valence-electron chi connectivity index (χ1n) is 3.59. The van der Waals surface area contributed by atoms with Gasteiger partial charge in [0.25, 0.3) is 9.05 Å². The van der Waals surface area contributed by atoms with E-state index in [1.807, 2.05) is 0 Å². The van der Waals surface area contributed by atoms with Gasteiger partial charge in [-0.1, -0.05) is 0 Å². The maximum absolute atomic E-state index is 12.8. The third-order valence-corrected chi connectivity index (χ3v) is 2.76. The molecule has 0 unspecified atom stereocenters. The van der Waals surface area contributed by atoms with Gasteiger partial charge in [-0.15, -0.1) is 13.2 Å². The van der Waals surface area contributed by atoms with Crippen molar-refractivity contribution < 1.29 is 30.7 Å². The molecule has 0 amide bonds. The molecule has 0 spiro atoms. The average Bonchev–Trinajstić information content (AvgIpc) is 2.04. The minimum atomic E-state index is -5.12. The number of hydrogen-bond donors (Lipinski definition) is 0. The fourth-order valence-electron chi connectivity index (χ4n) is 0.838. The van der Waals surface area contributed by atoms with E-state index in [1.54, 1.807) is 0 Å². The fourth-order valence-corrected chi connectivity index (χ4v) is 1.60. The van der Waals surface area contributed by atoms with Gasteiger partial charge >= 0.3 is 6.36 Å². The number of rotatable bonds is 2. The SMILES string of the molecule is O=S(=O)(Cl)c1ccc(F)c(OC(F)(F)F)c1. The van der Waals surface area contributed by atoms with Crippen molar-refractivity contribution in [3.8, 4) is 5.75 Å². The van der Waals surface area contributed by atoms with Crippen molar-refractivity contribution in [3.63, 3.8) is 0 Å². The maximum atomic E-state index is 12.8. The lowest BCUT2D eigenvalue weighted by Gasteiger charge is -2.10. The van der Waals surface area contributed by atoms with Crippen LogP contribution in [0.1, 0.15) is 0 Å². The van der Waals surface area contributed by atoms with Crippen LogP contribution in [0.4, 0.5) is 17.6 Å². The molecule has 0 aliphatic heterocycles. The largest absolute Gasteiger partial charge is 0.573 e. The van der Waals surface area contributed by atoms with E-state index in [4.69, 9.17) is 10.7 Å². The molecule has 1 rings (SSSR count). The van der Waals surface area contributed by atoms with Crippen molar-refractivity contribution in [1.82, 2.24) is 0 Å². The number of alkyl halides is 3. The summed E-state index contributed by atoms with van der Waals surface area (Å²) in [6.45, 7) is 0. The van der Waals surface area contributed by atoms with Gasteiger partial charge in [0.15, 0.2) is 11.6 Å². The molecular formula is C7H3ClF4O3S. The zero-order valence-corrected chi connectivity index (χ0v) is 8.83. The normalized spacial score (nSPS) is 12.6. The van der Waals surface area contributed by atoms with Crippen LogP contribution < -0.4 is 4.74 Å². The molecule has 0 saturated carbocycles. The summed E-state index contributed by atoms with van der Waals surface area (Å²) >= 11 is 0. The molecule has 90 valence electrons. The summed E-state index contributed by atoms with van der Waals surface area (Å²) in [5.41, 5.74) is 0. The molecule has 1 aromatic carbocycles. The Bertz CT molecular complexity index is 497. The van der Waals surface area contributed by atoms with Gasteiger partial charge in [0, 0.05) is 16.7 Å². The lowest BCUT2D eigenvalue weighted by molar-refractivity contribution is -0.275. The van der Waals surface area contributed by atoms with Gasteiger partial charge in [0.2, 0.25) is 0 Å². The van der Waals surface area contributed by atoms with Crippen LogP contribution in [-0.4, -0.2) is 14.8 Å². The quantitative estimate of drug-likeness (QED) is 0.617. The molecule has 3 nitrogen and oxygen atoms in total. The third-order valence-electron chi connectivity index (χ3n) is 1.41. The molecule has 0 aliphatic carbocycles. The van der Waals surface area contributed by atoms with Gasteiger partial charge < -0.3 is 4.74 Å². The average molecular weight is 279 g/mol. The second-order valence-corrected chi connectivity index (χ2v) is 5.14. The lowest BCUT2D eigenvalue weighted by Crippen LogP contribution is -2.18. The highest BCUT2D eigenvalue weighted by atomic mass is 35.7. The number of halogens is 5. The van der Waals surface area contributed by atoms with Crippen molar-refractivity contribution >= 4 is 19.7 Å². The summed E-state index contributed by atoms with van der Waals surface area (Å²) in [7, 11) is 0.628. The zero-order valence-electron chi connectivity index (χ0n) is 7.25. The van der Waals surface area contributed by atoms with Crippen molar-refractivity contribution in [1.29, 1.82) is 0 Å². The van der Waals surface area contributed by atoms with Gasteiger partial charge in [-0.3, -0.25) is 0 Å². The Morgan fingerprint density at radius 1 is 1.25 bits per heavy atom. The van der Waals surface area contributed by atoms with E-state index in [9.17, 15) is 26.0 Å². The van der Waals surface area contributed by atoms with E-state index in [-0.39, 0.29) is 0 Å². The van der Waals surface area contributed by atoms with E-state index >= 15 is 0 Å². The summed E-state index contributed by atoms with van der Waals surface area (Å²) in [5, 5.41) is 0. The van der Waals surface area contributed by atoms with Gasteiger partial charge in [0.1, 0.15) is 0 Å². The van der Waals surface area contributed by atoms with Crippen LogP contribution in [0.2, 0.25) is 0 Å². The van der Waals surface area contributed by atoms with Crippen LogP contribution in [0.3, 0.4) is 0 Å². The fraction of sp³-hybridized carbons (Fsp3) is 0.143. The van der Waals surface area contributed by atoms with Gasteiger partial charge in [-0.25, -0.2) is 12.8 Å². The summed E-state index contributed by atoms with van der Waals surface area (Å²) in [6.07, 6.45) is -5.12. The van der Waals surface area contributed by atoms with Crippen LogP contribution in [0.25, 0.3) is 0 Å². The standard InChI is InChI=1S/C7H3ClF4O3S/c8-16(13,14)4-1-2-5(9)6(3-4)15-7(10,11)12/h1-3H. The Kier molecular flexibility index (Phi) is 3.34. The van der Waals surface area contributed by atoms with Crippen molar-refractivity contribution in [2.45, 2.75) is 11.3 Å². The molecule has 9 heteroatoms. The molecule has 16 heavy (non-hydrogen) atoms. The maximum Gasteiger partial charge on any atom is 0.573 e. The summed E-state index contributed by atoms with van der Waals surface area (Å²) < 4.78 is 73.0. The molecule has 0 heterocycles. The molecule has 0 aliphatic rings. The Morgan fingerprint density at radius 3 is 2.25 bits per heavy atom. The van der Waals surface area contributed by atoms with Gasteiger partial charge in [0.05, 0.1) is 4.90 Å². The predicted molar refractivity (Wildman–Crippen MR) is 46.1 cm³/mol. The van der Waals surface area contributed by atoms with Gasteiger partial charge in [-0.2, -0.15) is 0 Å². The van der Waals surface area contributed by atoms with Crippen molar-refractivity contribution in [2.75, 3.05) is 0 Å². The van der Waals surface area contributed by atoms with E-state index in [1.165, 1.54) is 0 Å². The summed E-state index contributed by atoms with van der Waals surface area (Å²) in [6, 6.07) is 1.59. The topological polar surface area (TPSA) is 43.4 Å². The molecule has 0 saturated heterocycles. The second kappa shape index (κ2) is 4.10. The van der Waals surface area contributed by atoms with E-state index in [0.717, 1.165) is 6.07 Å². The first-order valence-corrected chi connectivity index (χ1v) is 5.90. The minimum Gasteiger partial charge on any atom is -0.403 e. The highest BCUT2D eigenvalue weighted by Crippen LogP contribution is 2.28. The molecule has 0 bridgehead atoms. The minimum absolute atomic E-state index is 0.352.